The van der Waals surface area contributed by atoms with Crippen LogP contribution in [-0.2, 0) is 13.5 Å². The van der Waals surface area contributed by atoms with E-state index in [1.807, 2.05) is 17.9 Å². The molecule has 1 fully saturated rings. The summed E-state index contributed by atoms with van der Waals surface area (Å²) in [6.45, 7) is 2.09. The molecule has 3 nitrogen and oxygen atoms in total. The van der Waals surface area contributed by atoms with Gasteiger partial charge in [-0.15, -0.1) is 0 Å². The Kier molecular flexibility index (Phi) is 1.51. The minimum Gasteiger partial charge on any atom is -0.325 e. The largest absolute Gasteiger partial charge is 0.325 e. The standard InChI is InChI=1S/C9H15N3/c1-7-6-11-12(2)8(7)5-9(10)3-4-9/h6H,3-5,10H2,1-2H3. The van der Waals surface area contributed by atoms with Crippen molar-refractivity contribution in [1.82, 2.24) is 9.78 Å². The van der Waals surface area contributed by atoms with Crippen molar-refractivity contribution in [3.05, 3.63) is 17.5 Å². The van der Waals surface area contributed by atoms with Crippen LogP contribution in [-0.4, -0.2) is 15.3 Å². The predicted molar refractivity (Wildman–Crippen MR) is 47.8 cm³/mol. The lowest BCUT2D eigenvalue weighted by Gasteiger charge is -2.09. The summed E-state index contributed by atoms with van der Waals surface area (Å²) in [7, 11) is 1.98. The number of aromatic nitrogens is 2. The van der Waals surface area contributed by atoms with Crippen molar-refractivity contribution >= 4 is 0 Å². The molecule has 3 heteroatoms. The Bertz CT molecular complexity index is 277. The maximum Gasteiger partial charge on any atom is 0.0521 e. The average Bonchev–Trinajstić information content (AvgIpc) is 2.67. The maximum absolute atomic E-state index is 6.03. The number of hydrogen-bond acceptors (Lipinski definition) is 2. The number of hydrogen-bond donors (Lipinski definition) is 1. The first kappa shape index (κ1) is 7.80. The Morgan fingerprint density at radius 1 is 1.67 bits per heavy atom. The van der Waals surface area contributed by atoms with Crippen molar-refractivity contribution in [3.8, 4) is 0 Å². The molecular formula is C9H15N3. The molecule has 1 aromatic rings. The Hall–Kier alpha value is -0.830. The van der Waals surface area contributed by atoms with Crippen molar-refractivity contribution in [3.63, 3.8) is 0 Å². The molecule has 0 saturated heterocycles. The molecule has 0 aromatic carbocycles. The van der Waals surface area contributed by atoms with E-state index in [9.17, 15) is 0 Å². The van der Waals surface area contributed by atoms with Crippen molar-refractivity contribution in [2.75, 3.05) is 0 Å². The fourth-order valence-electron chi connectivity index (χ4n) is 1.50. The topological polar surface area (TPSA) is 43.8 Å². The van der Waals surface area contributed by atoms with E-state index in [-0.39, 0.29) is 5.54 Å². The zero-order valence-electron chi connectivity index (χ0n) is 7.67. The van der Waals surface area contributed by atoms with E-state index >= 15 is 0 Å². The van der Waals surface area contributed by atoms with E-state index in [2.05, 4.69) is 12.0 Å². The smallest absolute Gasteiger partial charge is 0.0521 e. The Morgan fingerprint density at radius 3 is 2.75 bits per heavy atom. The zero-order chi connectivity index (χ0) is 8.77. The van der Waals surface area contributed by atoms with Crippen molar-refractivity contribution in [2.45, 2.75) is 31.7 Å². The van der Waals surface area contributed by atoms with E-state index in [1.165, 1.54) is 11.3 Å². The van der Waals surface area contributed by atoms with Gasteiger partial charge in [0.05, 0.1) is 6.20 Å². The van der Waals surface area contributed by atoms with Crippen LogP contribution in [0.1, 0.15) is 24.1 Å². The van der Waals surface area contributed by atoms with Crippen LogP contribution in [0.2, 0.25) is 0 Å². The third-order valence-corrected chi connectivity index (χ3v) is 2.68. The summed E-state index contributed by atoms with van der Waals surface area (Å²) in [4.78, 5) is 0. The quantitative estimate of drug-likeness (QED) is 0.703. The van der Waals surface area contributed by atoms with Gasteiger partial charge in [0, 0.05) is 24.7 Å². The van der Waals surface area contributed by atoms with Gasteiger partial charge in [0.1, 0.15) is 0 Å². The predicted octanol–water partition coefficient (Wildman–Crippen LogP) is 0.762. The molecule has 0 spiro atoms. The molecule has 1 saturated carbocycles. The molecule has 1 aliphatic carbocycles. The molecule has 12 heavy (non-hydrogen) atoms. The van der Waals surface area contributed by atoms with E-state index in [4.69, 9.17) is 5.73 Å². The van der Waals surface area contributed by atoms with Gasteiger partial charge in [-0.05, 0) is 25.3 Å². The highest BCUT2D eigenvalue weighted by atomic mass is 15.3. The molecular weight excluding hydrogens is 150 g/mol. The van der Waals surface area contributed by atoms with Gasteiger partial charge in [-0.3, -0.25) is 4.68 Å². The molecule has 0 atom stereocenters. The summed E-state index contributed by atoms with van der Waals surface area (Å²) in [6.07, 6.45) is 5.21. The highest BCUT2D eigenvalue weighted by molar-refractivity contribution is 5.20. The zero-order valence-corrected chi connectivity index (χ0v) is 7.67. The molecule has 2 N–H and O–H groups in total. The Morgan fingerprint density at radius 2 is 2.33 bits per heavy atom. The lowest BCUT2D eigenvalue weighted by molar-refractivity contribution is 0.611. The lowest BCUT2D eigenvalue weighted by atomic mass is 10.1. The van der Waals surface area contributed by atoms with Crippen LogP contribution in [0.5, 0.6) is 0 Å². The van der Waals surface area contributed by atoms with Crippen molar-refractivity contribution in [2.24, 2.45) is 12.8 Å². The van der Waals surface area contributed by atoms with Gasteiger partial charge in [-0.2, -0.15) is 5.10 Å². The van der Waals surface area contributed by atoms with Crippen LogP contribution >= 0.6 is 0 Å². The first-order valence-corrected chi connectivity index (χ1v) is 4.37. The number of nitrogens with zero attached hydrogens (tertiary/aromatic N) is 2. The number of nitrogens with two attached hydrogens (primary N) is 1. The summed E-state index contributed by atoms with van der Waals surface area (Å²) < 4.78 is 1.93. The molecule has 1 heterocycles. The first-order chi connectivity index (χ1) is 5.61. The number of aryl methyl sites for hydroxylation is 2. The highest BCUT2D eigenvalue weighted by Crippen LogP contribution is 2.35. The van der Waals surface area contributed by atoms with Gasteiger partial charge < -0.3 is 5.73 Å². The van der Waals surface area contributed by atoms with E-state index in [0.29, 0.717) is 0 Å². The molecule has 0 radical (unpaired) electrons. The minimum atomic E-state index is 0.0958. The molecule has 0 unspecified atom stereocenters. The molecule has 66 valence electrons. The van der Waals surface area contributed by atoms with Gasteiger partial charge in [0.2, 0.25) is 0 Å². The summed E-state index contributed by atoms with van der Waals surface area (Å²) in [6, 6.07) is 0. The third-order valence-electron chi connectivity index (χ3n) is 2.68. The highest BCUT2D eigenvalue weighted by Gasteiger charge is 2.39. The van der Waals surface area contributed by atoms with E-state index in [1.54, 1.807) is 0 Å². The second-order valence-corrected chi connectivity index (χ2v) is 3.94. The first-order valence-electron chi connectivity index (χ1n) is 4.37. The summed E-state index contributed by atoms with van der Waals surface area (Å²) in [5, 5.41) is 4.19. The Labute approximate surface area is 72.6 Å². The lowest BCUT2D eigenvalue weighted by Crippen LogP contribution is -2.26. The van der Waals surface area contributed by atoms with Crippen LogP contribution in [0.25, 0.3) is 0 Å². The second kappa shape index (κ2) is 2.33. The van der Waals surface area contributed by atoms with Crippen LogP contribution in [0.3, 0.4) is 0 Å². The molecule has 1 aromatic heterocycles. The normalized spacial score (nSPS) is 19.6. The van der Waals surface area contributed by atoms with Crippen LogP contribution in [0, 0.1) is 6.92 Å². The van der Waals surface area contributed by atoms with Crippen LogP contribution in [0.15, 0.2) is 6.20 Å². The third kappa shape index (κ3) is 1.25. The summed E-state index contributed by atoms with van der Waals surface area (Å²) in [5.41, 5.74) is 8.68. The van der Waals surface area contributed by atoms with Crippen molar-refractivity contribution < 1.29 is 0 Å². The maximum atomic E-state index is 6.03. The van der Waals surface area contributed by atoms with Gasteiger partial charge in [0.25, 0.3) is 0 Å². The van der Waals surface area contributed by atoms with Gasteiger partial charge in [-0.1, -0.05) is 0 Å². The fourth-order valence-corrected chi connectivity index (χ4v) is 1.50. The second-order valence-electron chi connectivity index (χ2n) is 3.94. The number of rotatable bonds is 2. The van der Waals surface area contributed by atoms with Gasteiger partial charge in [0.15, 0.2) is 0 Å². The SMILES string of the molecule is Cc1cnn(C)c1CC1(N)CC1. The molecule has 2 rings (SSSR count). The molecule has 0 aliphatic heterocycles. The molecule has 1 aliphatic rings. The monoisotopic (exact) mass is 165 g/mol. The van der Waals surface area contributed by atoms with Gasteiger partial charge >= 0.3 is 0 Å². The molecule has 0 bridgehead atoms. The summed E-state index contributed by atoms with van der Waals surface area (Å²) in [5.74, 6) is 0. The fraction of sp³-hybridized carbons (Fsp3) is 0.667. The molecule has 0 amide bonds. The van der Waals surface area contributed by atoms with Crippen LogP contribution in [0.4, 0.5) is 0 Å². The van der Waals surface area contributed by atoms with Crippen LogP contribution < -0.4 is 5.73 Å². The Balaban J connectivity index is 2.21. The average molecular weight is 165 g/mol. The van der Waals surface area contributed by atoms with Crippen molar-refractivity contribution in [1.29, 1.82) is 0 Å². The minimum absolute atomic E-state index is 0.0958. The van der Waals surface area contributed by atoms with E-state index in [0.717, 1.165) is 19.3 Å². The van der Waals surface area contributed by atoms with E-state index < -0.39 is 0 Å². The van der Waals surface area contributed by atoms with Gasteiger partial charge in [-0.25, -0.2) is 0 Å². The summed E-state index contributed by atoms with van der Waals surface area (Å²) >= 11 is 0.